The summed E-state index contributed by atoms with van der Waals surface area (Å²) in [6, 6.07) is 15.7. The van der Waals surface area contributed by atoms with Gasteiger partial charge in [-0.15, -0.1) is 0 Å². The van der Waals surface area contributed by atoms with E-state index in [0.717, 1.165) is 12.8 Å². The largest absolute Gasteiger partial charge is 0.466 e. The lowest BCUT2D eigenvalue weighted by atomic mass is 10.1. The predicted octanol–water partition coefficient (Wildman–Crippen LogP) is 3.99. The molecule has 1 amide bonds. The van der Waals surface area contributed by atoms with E-state index < -0.39 is 5.82 Å². The van der Waals surface area contributed by atoms with Crippen LogP contribution in [0.3, 0.4) is 0 Å². The summed E-state index contributed by atoms with van der Waals surface area (Å²) in [4.78, 5) is 23.5. The van der Waals surface area contributed by atoms with E-state index in [2.05, 4.69) is 10.6 Å². The molecule has 148 valence electrons. The van der Waals surface area contributed by atoms with Gasteiger partial charge in [-0.3, -0.25) is 9.59 Å². The number of rotatable bonds is 9. The number of hydrogen-bond acceptors (Lipinski definition) is 4. The van der Waals surface area contributed by atoms with Gasteiger partial charge < -0.3 is 15.4 Å². The molecule has 28 heavy (non-hydrogen) atoms. The summed E-state index contributed by atoms with van der Waals surface area (Å²) in [6.07, 6.45) is 2.29. The highest BCUT2D eigenvalue weighted by Gasteiger charge is 2.08. The zero-order valence-corrected chi connectivity index (χ0v) is 16.3. The fourth-order valence-electron chi connectivity index (χ4n) is 2.49. The van der Waals surface area contributed by atoms with E-state index in [1.165, 1.54) is 23.8 Å². The molecule has 0 aliphatic carbocycles. The number of carbonyl (C=O) groups excluding carboxylic acids is 2. The topological polar surface area (TPSA) is 67.4 Å². The molecule has 0 aliphatic rings. The van der Waals surface area contributed by atoms with Crippen LogP contribution in [0.15, 0.2) is 54.6 Å². The predicted molar refractivity (Wildman–Crippen MR) is 110 cm³/mol. The Balaban J connectivity index is 1.54. The van der Waals surface area contributed by atoms with E-state index in [9.17, 15) is 14.0 Å². The Kier molecular flexibility index (Phi) is 9.07. The monoisotopic (exact) mass is 402 g/mol. The normalized spacial score (nSPS) is 10.2. The third kappa shape index (κ3) is 8.73. The number of esters is 1. The maximum Gasteiger partial charge on any atom is 0.305 e. The summed E-state index contributed by atoms with van der Waals surface area (Å²) in [7, 11) is 0. The zero-order valence-electron chi connectivity index (χ0n) is 15.4. The van der Waals surface area contributed by atoms with Crippen LogP contribution in [0.1, 0.15) is 31.2 Å². The summed E-state index contributed by atoms with van der Waals surface area (Å²) in [5, 5.41) is 5.31. The van der Waals surface area contributed by atoms with Gasteiger partial charge in [-0.1, -0.05) is 36.4 Å². The van der Waals surface area contributed by atoms with Crippen LogP contribution in [0.5, 0.6) is 0 Å². The molecule has 2 aromatic carbocycles. The Morgan fingerprint density at radius 3 is 2.54 bits per heavy atom. The molecule has 0 heterocycles. The van der Waals surface area contributed by atoms with Crippen LogP contribution < -0.4 is 10.6 Å². The first-order chi connectivity index (χ1) is 13.5. The van der Waals surface area contributed by atoms with Crippen LogP contribution in [0.4, 0.5) is 10.1 Å². The number of ether oxygens (including phenoxy) is 1. The molecular formula is C21H23FN2O3S. The van der Waals surface area contributed by atoms with Crippen molar-refractivity contribution in [1.29, 1.82) is 0 Å². The molecule has 0 bridgehead atoms. The summed E-state index contributed by atoms with van der Waals surface area (Å²) in [6.45, 7) is 0.363. The number of benzene rings is 2. The molecule has 0 atom stereocenters. The van der Waals surface area contributed by atoms with Gasteiger partial charge in [0, 0.05) is 18.5 Å². The van der Waals surface area contributed by atoms with Gasteiger partial charge in [0.25, 0.3) is 0 Å². The molecule has 0 radical (unpaired) electrons. The molecule has 0 spiro atoms. The van der Waals surface area contributed by atoms with Crippen molar-refractivity contribution in [3.05, 3.63) is 66.0 Å². The van der Waals surface area contributed by atoms with Gasteiger partial charge in [0.05, 0.1) is 6.61 Å². The van der Waals surface area contributed by atoms with E-state index >= 15 is 0 Å². The van der Waals surface area contributed by atoms with Gasteiger partial charge in [-0.2, -0.15) is 0 Å². The lowest BCUT2D eigenvalue weighted by Gasteiger charge is -2.09. The van der Waals surface area contributed by atoms with Gasteiger partial charge in [0.2, 0.25) is 5.91 Å². The van der Waals surface area contributed by atoms with Gasteiger partial charge in [0.15, 0.2) is 5.11 Å². The van der Waals surface area contributed by atoms with E-state index in [1.807, 2.05) is 30.3 Å². The highest BCUT2D eigenvalue weighted by molar-refractivity contribution is 7.80. The molecule has 0 unspecified atom stereocenters. The van der Waals surface area contributed by atoms with Crippen molar-refractivity contribution in [2.24, 2.45) is 0 Å². The van der Waals surface area contributed by atoms with Crippen LogP contribution in [-0.2, 0) is 20.7 Å². The number of aryl methyl sites for hydroxylation is 1. The third-order valence-electron chi connectivity index (χ3n) is 3.84. The SMILES string of the molecule is O=C(CCCC(=O)OCCCc1ccccc1)NC(=S)Nc1cccc(F)c1. The molecule has 0 aromatic heterocycles. The van der Waals surface area contributed by atoms with Crippen LogP contribution in [-0.4, -0.2) is 23.6 Å². The second-order valence-corrected chi connectivity index (χ2v) is 6.58. The highest BCUT2D eigenvalue weighted by Crippen LogP contribution is 2.09. The quantitative estimate of drug-likeness (QED) is 0.377. The number of nitrogens with one attached hydrogen (secondary N) is 2. The average molecular weight is 402 g/mol. The smallest absolute Gasteiger partial charge is 0.305 e. The molecule has 5 nitrogen and oxygen atoms in total. The van der Waals surface area contributed by atoms with Crippen LogP contribution in [0, 0.1) is 5.82 Å². The standard InChI is InChI=1S/C21H23FN2O3S/c22-17-10-4-11-18(15-17)23-21(28)24-19(25)12-5-13-20(26)27-14-6-9-16-7-2-1-3-8-16/h1-4,7-8,10-11,15H,5-6,9,12-14H2,(H2,23,24,25,28). The lowest BCUT2D eigenvalue weighted by molar-refractivity contribution is -0.143. The Morgan fingerprint density at radius 2 is 1.79 bits per heavy atom. The third-order valence-corrected chi connectivity index (χ3v) is 4.04. The van der Waals surface area contributed by atoms with E-state index in [1.54, 1.807) is 6.07 Å². The van der Waals surface area contributed by atoms with Gasteiger partial charge in [-0.25, -0.2) is 4.39 Å². The van der Waals surface area contributed by atoms with Crippen molar-refractivity contribution in [3.63, 3.8) is 0 Å². The first-order valence-corrected chi connectivity index (χ1v) is 9.50. The summed E-state index contributed by atoms with van der Waals surface area (Å²) in [5.74, 6) is -1.03. The molecule has 2 rings (SSSR count). The second kappa shape index (κ2) is 11.8. The minimum atomic E-state index is -0.401. The van der Waals surface area contributed by atoms with Gasteiger partial charge in [-0.05, 0) is 55.2 Å². The molecule has 2 aromatic rings. The first-order valence-electron chi connectivity index (χ1n) is 9.09. The number of anilines is 1. The molecular weight excluding hydrogens is 379 g/mol. The second-order valence-electron chi connectivity index (χ2n) is 6.18. The zero-order chi connectivity index (χ0) is 20.2. The summed E-state index contributed by atoms with van der Waals surface area (Å²) >= 11 is 5.01. The fourth-order valence-corrected chi connectivity index (χ4v) is 2.72. The number of hydrogen-bond donors (Lipinski definition) is 2. The van der Waals surface area contributed by atoms with Crippen molar-refractivity contribution >= 4 is 34.9 Å². The van der Waals surface area contributed by atoms with Crippen molar-refractivity contribution in [3.8, 4) is 0 Å². The Hall–Kier alpha value is -2.80. The minimum absolute atomic E-state index is 0.0825. The Morgan fingerprint density at radius 1 is 1.00 bits per heavy atom. The molecule has 0 saturated carbocycles. The fraction of sp³-hybridized carbons (Fsp3) is 0.286. The lowest BCUT2D eigenvalue weighted by Crippen LogP contribution is -2.34. The number of amides is 1. The van der Waals surface area contributed by atoms with Crippen molar-refractivity contribution in [2.75, 3.05) is 11.9 Å². The average Bonchev–Trinajstić information content (AvgIpc) is 2.66. The first kappa shape index (κ1) is 21.5. The van der Waals surface area contributed by atoms with Crippen molar-refractivity contribution in [1.82, 2.24) is 5.32 Å². The maximum atomic E-state index is 13.1. The maximum absolute atomic E-state index is 13.1. The molecule has 0 aliphatic heterocycles. The summed E-state index contributed by atoms with van der Waals surface area (Å²) < 4.78 is 18.3. The number of halogens is 1. The number of carbonyl (C=O) groups is 2. The van der Waals surface area contributed by atoms with Gasteiger partial charge in [0.1, 0.15) is 5.82 Å². The van der Waals surface area contributed by atoms with Crippen LogP contribution in [0.2, 0.25) is 0 Å². The van der Waals surface area contributed by atoms with Crippen LogP contribution in [0.25, 0.3) is 0 Å². The number of thiocarbonyl (C=S) groups is 1. The Bertz CT molecular complexity index is 799. The van der Waals surface area contributed by atoms with Crippen LogP contribution >= 0.6 is 12.2 Å². The van der Waals surface area contributed by atoms with Gasteiger partial charge >= 0.3 is 5.97 Å². The molecule has 0 saturated heterocycles. The summed E-state index contributed by atoms with van der Waals surface area (Å²) in [5.41, 5.74) is 1.66. The van der Waals surface area contributed by atoms with E-state index in [-0.39, 0.29) is 29.8 Å². The minimum Gasteiger partial charge on any atom is -0.466 e. The molecule has 2 N–H and O–H groups in total. The highest BCUT2D eigenvalue weighted by atomic mass is 32.1. The van der Waals surface area contributed by atoms with E-state index in [0.29, 0.717) is 18.7 Å². The Labute approximate surface area is 169 Å². The van der Waals surface area contributed by atoms with Crippen molar-refractivity contribution in [2.45, 2.75) is 32.1 Å². The molecule has 7 heteroatoms. The van der Waals surface area contributed by atoms with Crippen molar-refractivity contribution < 1.29 is 18.7 Å². The van der Waals surface area contributed by atoms with E-state index in [4.69, 9.17) is 17.0 Å². The molecule has 0 fully saturated rings.